The van der Waals surface area contributed by atoms with E-state index in [1.165, 1.54) is 6.33 Å². The third-order valence-electron chi connectivity index (χ3n) is 2.76. The lowest BCUT2D eigenvalue weighted by Gasteiger charge is -2.22. The Balaban J connectivity index is 3.10. The van der Waals surface area contributed by atoms with Crippen LogP contribution in [0.3, 0.4) is 0 Å². The molecule has 0 bridgehead atoms. The number of nitrogens with one attached hydrogen (secondary N) is 1. The minimum atomic E-state index is -0.475. The Bertz CT molecular complexity index is 430. The number of carbonyl (C=O) groups is 1. The van der Waals surface area contributed by atoms with E-state index in [9.17, 15) is 4.79 Å². The van der Waals surface area contributed by atoms with E-state index in [-0.39, 0.29) is 11.8 Å². The molecule has 0 fully saturated rings. The van der Waals surface area contributed by atoms with E-state index < -0.39 is 11.9 Å². The number of nitrogen functional groups attached to an aromatic ring is 1. The number of nitrogens with two attached hydrogens (primary N) is 2. The first-order valence-corrected chi connectivity index (χ1v) is 6.00. The Kier molecular flexibility index (Phi) is 4.47. The number of nitrogens with zero attached hydrogens (tertiary/aromatic N) is 2. The maximum Gasteiger partial charge on any atom is 0.240 e. The molecule has 100 valence electrons. The van der Waals surface area contributed by atoms with Crippen molar-refractivity contribution in [3.63, 3.8) is 0 Å². The van der Waals surface area contributed by atoms with Gasteiger partial charge in [-0.3, -0.25) is 4.79 Å². The highest BCUT2D eigenvalue weighted by Gasteiger charge is 2.22. The third-order valence-corrected chi connectivity index (χ3v) is 2.76. The molecular weight excluding hydrogens is 230 g/mol. The number of anilines is 2. The Morgan fingerprint density at radius 1 is 1.28 bits per heavy atom. The van der Waals surface area contributed by atoms with E-state index in [2.05, 4.69) is 15.3 Å². The first-order valence-electron chi connectivity index (χ1n) is 6.00. The molecule has 5 N–H and O–H groups in total. The van der Waals surface area contributed by atoms with Gasteiger partial charge >= 0.3 is 0 Å². The van der Waals surface area contributed by atoms with Gasteiger partial charge in [0.2, 0.25) is 5.91 Å². The van der Waals surface area contributed by atoms with E-state index in [4.69, 9.17) is 11.5 Å². The van der Waals surface area contributed by atoms with Gasteiger partial charge in [0.1, 0.15) is 24.0 Å². The molecule has 0 saturated carbocycles. The van der Waals surface area contributed by atoms with Crippen molar-refractivity contribution in [2.24, 2.45) is 11.7 Å². The van der Waals surface area contributed by atoms with Crippen molar-refractivity contribution in [1.82, 2.24) is 9.97 Å². The van der Waals surface area contributed by atoms with Crippen LogP contribution in [0.15, 0.2) is 6.33 Å². The first-order chi connectivity index (χ1) is 8.34. The SMILES string of the molecule is CC(C)c1c(N)ncnc1NC(C(N)=O)C(C)C. The van der Waals surface area contributed by atoms with E-state index in [0.717, 1.165) is 5.56 Å². The fraction of sp³-hybridized carbons (Fsp3) is 0.583. The largest absolute Gasteiger partial charge is 0.383 e. The molecule has 1 aromatic rings. The number of amides is 1. The quantitative estimate of drug-likeness (QED) is 0.726. The monoisotopic (exact) mass is 251 g/mol. The summed E-state index contributed by atoms with van der Waals surface area (Å²) in [4.78, 5) is 19.5. The van der Waals surface area contributed by atoms with Gasteiger partial charge in [-0.1, -0.05) is 27.7 Å². The molecule has 18 heavy (non-hydrogen) atoms. The van der Waals surface area contributed by atoms with E-state index >= 15 is 0 Å². The summed E-state index contributed by atoms with van der Waals surface area (Å²) in [7, 11) is 0. The van der Waals surface area contributed by atoms with Crippen LogP contribution >= 0.6 is 0 Å². The highest BCUT2D eigenvalue weighted by Crippen LogP contribution is 2.27. The summed E-state index contributed by atoms with van der Waals surface area (Å²) < 4.78 is 0. The zero-order valence-electron chi connectivity index (χ0n) is 11.3. The van der Waals surface area contributed by atoms with Crippen LogP contribution in [0.1, 0.15) is 39.2 Å². The van der Waals surface area contributed by atoms with E-state index in [1.54, 1.807) is 0 Å². The smallest absolute Gasteiger partial charge is 0.240 e. The van der Waals surface area contributed by atoms with Crippen LogP contribution < -0.4 is 16.8 Å². The zero-order chi connectivity index (χ0) is 13.9. The molecule has 0 saturated heterocycles. The number of aromatic nitrogens is 2. The molecule has 6 nitrogen and oxygen atoms in total. The minimum Gasteiger partial charge on any atom is -0.383 e. The molecule has 0 aliphatic carbocycles. The second-order valence-electron chi connectivity index (χ2n) is 4.94. The highest BCUT2D eigenvalue weighted by atomic mass is 16.1. The molecule has 1 unspecified atom stereocenters. The van der Waals surface area contributed by atoms with Gasteiger partial charge in [0.05, 0.1) is 0 Å². The number of carbonyl (C=O) groups excluding carboxylic acids is 1. The lowest BCUT2D eigenvalue weighted by Crippen LogP contribution is -2.40. The van der Waals surface area contributed by atoms with Crippen LogP contribution in [0.25, 0.3) is 0 Å². The maximum absolute atomic E-state index is 11.4. The summed E-state index contributed by atoms with van der Waals surface area (Å²) in [6, 6.07) is -0.475. The van der Waals surface area contributed by atoms with Crippen molar-refractivity contribution in [1.29, 1.82) is 0 Å². The third kappa shape index (κ3) is 3.09. The molecule has 6 heteroatoms. The fourth-order valence-corrected chi connectivity index (χ4v) is 1.81. The molecule has 1 rings (SSSR count). The van der Waals surface area contributed by atoms with Crippen LogP contribution in [0.2, 0.25) is 0 Å². The van der Waals surface area contributed by atoms with Crippen molar-refractivity contribution < 1.29 is 4.79 Å². The summed E-state index contributed by atoms with van der Waals surface area (Å²) in [6.07, 6.45) is 1.38. The predicted molar refractivity (Wildman–Crippen MR) is 72.0 cm³/mol. The molecule has 1 aromatic heterocycles. The summed E-state index contributed by atoms with van der Waals surface area (Å²) in [5, 5.41) is 3.06. The van der Waals surface area contributed by atoms with Gasteiger partial charge in [-0.15, -0.1) is 0 Å². The zero-order valence-corrected chi connectivity index (χ0v) is 11.3. The highest BCUT2D eigenvalue weighted by molar-refractivity contribution is 5.83. The maximum atomic E-state index is 11.4. The van der Waals surface area contributed by atoms with Crippen LogP contribution in [0.4, 0.5) is 11.6 Å². The topological polar surface area (TPSA) is 107 Å². The van der Waals surface area contributed by atoms with E-state index in [1.807, 2.05) is 27.7 Å². The molecule has 0 spiro atoms. The predicted octanol–water partition coefficient (Wildman–Crippen LogP) is 1.10. The summed E-state index contributed by atoms with van der Waals surface area (Å²) in [5.74, 6) is 0.828. The van der Waals surface area contributed by atoms with Crippen LogP contribution in [0, 0.1) is 5.92 Å². The molecule has 0 aliphatic heterocycles. The normalized spacial score (nSPS) is 12.8. The van der Waals surface area contributed by atoms with Crippen molar-refractivity contribution in [2.75, 3.05) is 11.1 Å². The molecule has 0 aromatic carbocycles. The lowest BCUT2D eigenvalue weighted by molar-refractivity contribution is -0.119. The van der Waals surface area contributed by atoms with Gasteiger partial charge in [0.15, 0.2) is 0 Å². The molecular formula is C12H21N5O. The van der Waals surface area contributed by atoms with Gasteiger partial charge < -0.3 is 16.8 Å². The average Bonchev–Trinajstić information content (AvgIpc) is 2.24. The van der Waals surface area contributed by atoms with Crippen molar-refractivity contribution in [3.8, 4) is 0 Å². The number of rotatable bonds is 5. The lowest BCUT2D eigenvalue weighted by atomic mass is 10.0. The second-order valence-corrected chi connectivity index (χ2v) is 4.94. The van der Waals surface area contributed by atoms with Gasteiger partial charge in [0.25, 0.3) is 0 Å². The van der Waals surface area contributed by atoms with Crippen molar-refractivity contribution >= 4 is 17.5 Å². The first kappa shape index (κ1) is 14.2. The summed E-state index contributed by atoms with van der Waals surface area (Å²) in [6.45, 7) is 7.83. The van der Waals surface area contributed by atoms with E-state index in [0.29, 0.717) is 11.6 Å². The van der Waals surface area contributed by atoms with Crippen molar-refractivity contribution in [3.05, 3.63) is 11.9 Å². The van der Waals surface area contributed by atoms with Gasteiger partial charge in [-0.05, 0) is 11.8 Å². The number of primary amides is 1. The molecule has 0 radical (unpaired) electrons. The molecule has 1 atom stereocenters. The second kappa shape index (κ2) is 5.66. The Labute approximate surface area is 107 Å². The molecule has 0 aliphatic rings. The Morgan fingerprint density at radius 2 is 1.89 bits per heavy atom. The van der Waals surface area contributed by atoms with Crippen LogP contribution in [-0.2, 0) is 4.79 Å². The Morgan fingerprint density at radius 3 is 2.33 bits per heavy atom. The minimum absolute atomic E-state index is 0.0682. The fourth-order valence-electron chi connectivity index (χ4n) is 1.81. The summed E-state index contributed by atoms with van der Waals surface area (Å²) >= 11 is 0. The molecule has 1 heterocycles. The van der Waals surface area contributed by atoms with Crippen LogP contribution in [-0.4, -0.2) is 21.9 Å². The van der Waals surface area contributed by atoms with Gasteiger partial charge in [-0.25, -0.2) is 9.97 Å². The van der Waals surface area contributed by atoms with Gasteiger partial charge in [0, 0.05) is 5.56 Å². The standard InChI is InChI=1S/C12H21N5O/c1-6(2)8-10(13)15-5-16-12(8)17-9(7(3)4)11(14)18/h5-7,9H,1-4H3,(H2,14,18)(H3,13,15,16,17). The summed E-state index contributed by atoms with van der Waals surface area (Å²) in [5.41, 5.74) is 12.0. The number of hydrogen-bond acceptors (Lipinski definition) is 5. The van der Waals surface area contributed by atoms with Gasteiger partial charge in [-0.2, -0.15) is 0 Å². The molecule has 1 amide bonds. The van der Waals surface area contributed by atoms with Crippen molar-refractivity contribution in [2.45, 2.75) is 39.7 Å². The average molecular weight is 251 g/mol. The Hall–Kier alpha value is -1.85. The number of hydrogen-bond donors (Lipinski definition) is 3. The van der Waals surface area contributed by atoms with Crippen LogP contribution in [0.5, 0.6) is 0 Å².